The lowest BCUT2D eigenvalue weighted by Gasteiger charge is -2.41. The molecule has 0 N–H and O–H groups in total. The maximum absolute atomic E-state index is 13.8. The number of amides is 2. The van der Waals surface area contributed by atoms with Crippen LogP contribution < -0.4 is 14.8 Å². The van der Waals surface area contributed by atoms with E-state index in [-0.39, 0.29) is 17.7 Å². The highest BCUT2D eigenvalue weighted by molar-refractivity contribution is 5.99. The van der Waals surface area contributed by atoms with Gasteiger partial charge in [-0.25, -0.2) is 0 Å². The van der Waals surface area contributed by atoms with Crippen molar-refractivity contribution in [2.75, 3.05) is 43.3 Å². The topological polar surface area (TPSA) is 104 Å². The van der Waals surface area contributed by atoms with Crippen LogP contribution in [0.25, 0.3) is 21.5 Å². The van der Waals surface area contributed by atoms with Crippen LogP contribution in [0.1, 0.15) is 72.3 Å². The average molecular weight is 845 g/mol. The average Bonchev–Trinajstić information content (AvgIpc) is 3.37. The van der Waals surface area contributed by atoms with E-state index in [1.807, 2.05) is 143 Å². The second-order valence-corrected chi connectivity index (χ2v) is 16.2. The minimum absolute atomic E-state index is 0.00335. The summed E-state index contributed by atoms with van der Waals surface area (Å²) in [6.07, 6.45) is 5.56. The van der Waals surface area contributed by atoms with Gasteiger partial charge in [0.25, 0.3) is 0 Å². The Labute approximate surface area is 375 Å². The van der Waals surface area contributed by atoms with Crippen molar-refractivity contribution in [3.8, 4) is 17.9 Å². The second-order valence-electron chi connectivity index (χ2n) is 16.2. The standard InChI is InChI=1S/C30H27N3O.C25H25N3O2/c31-22-25-17-18-29(27-16-8-7-15-26(25)27)32-19-9-10-20-33(32)30(34)21-28(23-11-3-1-4-12-23)24-13-5-2-6-14-24;1-30-21-8-6-7-19(17-21)11-14-25(29)28-16-5-4-15-27(28)24-13-12-20(18-26)22-9-2-3-10-23(22)24/h1-8,11-18,28H,9-10,19-21H2;2-3,6-10,12-13,17H,4-5,11,14-16H2,1H3. The fraction of sp³-hybridized carbons (Fsp3) is 0.236. The van der Waals surface area contributed by atoms with Gasteiger partial charge in [-0.1, -0.05) is 121 Å². The van der Waals surface area contributed by atoms with E-state index in [0.29, 0.717) is 43.5 Å². The molecule has 0 bridgehead atoms. The number of fused-ring (bicyclic) bond motifs is 2. The molecule has 2 aliphatic heterocycles. The Morgan fingerprint density at radius 3 is 1.52 bits per heavy atom. The zero-order chi connectivity index (χ0) is 44.3. The largest absolute Gasteiger partial charge is 0.497 e. The summed E-state index contributed by atoms with van der Waals surface area (Å²) in [4.78, 5) is 27.0. The highest BCUT2D eigenvalue weighted by Gasteiger charge is 2.30. The summed E-state index contributed by atoms with van der Waals surface area (Å²) < 4.78 is 5.29. The molecule has 0 radical (unpaired) electrons. The minimum Gasteiger partial charge on any atom is -0.497 e. The Hall–Kier alpha value is -7.62. The Morgan fingerprint density at radius 2 is 1.02 bits per heavy atom. The minimum atomic E-state index is -0.00335. The van der Waals surface area contributed by atoms with Crippen LogP contribution in [0.3, 0.4) is 0 Å². The molecule has 2 heterocycles. The van der Waals surface area contributed by atoms with Gasteiger partial charge in [-0.05, 0) is 85.2 Å². The van der Waals surface area contributed by atoms with Gasteiger partial charge in [0.2, 0.25) is 11.8 Å². The first-order chi connectivity index (χ1) is 31.5. The molecule has 9 rings (SSSR count). The summed E-state index contributed by atoms with van der Waals surface area (Å²) in [6, 6.07) is 56.6. The number of hydrazine groups is 2. The van der Waals surface area contributed by atoms with Crippen molar-refractivity contribution in [1.29, 1.82) is 10.5 Å². The SMILES string of the molecule is COc1cccc(CCC(=O)N2CCCCN2c2ccc(C#N)c3ccccc23)c1.N#Cc1ccc(N2CCCCN2C(=O)CC(c2ccccc2)c2ccccc2)c2ccccc12. The third kappa shape index (κ3) is 9.55. The summed E-state index contributed by atoms with van der Waals surface area (Å²) in [5, 5.41) is 30.9. The van der Waals surface area contributed by atoms with Gasteiger partial charge < -0.3 is 4.74 Å². The van der Waals surface area contributed by atoms with E-state index < -0.39 is 0 Å². The third-order valence-corrected chi connectivity index (χ3v) is 12.3. The van der Waals surface area contributed by atoms with Crippen LogP contribution in [0.15, 0.2) is 158 Å². The smallest absolute Gasteiger partial charge is 0.242 e. The number of anilines is 2. The van der Waals surface area contributed by atoms with Crippen molar-refractivity contribution in [3.05, 3.63) is 186 Å². The number of ether oxygens (including phenoxy) is 1. The Kier molecular flexibility index (Phi) is 13.8. The summed E-state index contributed by atoms with van der Waals surface area (Å²) >= 11 is 0. The summed E-state index contributed by atoms with van der Waals surface area (Å²) in [6.45, 7) is 2.98. The van der Waals surface area contributed by atoms with Crippen molar-refractivity contribution in [1.82, 2.24) is 10.0 Å². The maximum Gasteiger partial charge on any atom is 0.242 e. The lowest BCUT2D eigenvalue weighted by Crippen LogP contribution is -2.51. The number of nitriles is 2. The second kappa shape index (κ2) is 20.5. The predicted octanol–water partition coefficient (Wildman–Crippen LogP) is 11.0. The van der Waals surface area contributed by atoms with E-state index in [0.717, 1.165) is 94.1 Å². The monoisotopic (exact) mass is 844 g/mol. The zero-order valence-corrected chi connectivity index (χ0v) is 36.3. The lowest BCUT2D eigenvalue weighted by atomic mass is 9.88. The van der Waals surface area contributed by atoms with Crippen molar-refractivity contribution >= 4 is 44.7 Å². The molecule has 320 valence electrons. The van der Waals surface area contributed by atoms with Crippen molar-refractivity contribution in [2.24, 2.45) is 0 Å². The van der Waals surface area contributed by atoms with Crippen molar-refractivity contribution in [2.45, 2.75) is 50.9 Å². The van der Waals surface area contributed by atoms with E-state index in [9.17, 15) is 20.1 Å². The number of rotatable bonds is 10. The molecule has 9 heteroatoms. The maximum atomic E-state index is 13.8. The van der Waals surface area contributed by atoms with E-state index in [1.165, 1.54) is 0 Å². The number of hydrogen-bond donors (Lipinski definition) is 0. The van der Waals surface area contributed by atoms with Gasteiger partial charge in [0, 0.05) is 66.5 Å². The predicted molar refractivity (Wildman–Crippen MR) is 255 cm³/mol. The highest BCUT2D eigenvalue weighted by Crippen LogP contribution is 2.35. The number of aryl methyl sites for hydroxylation is 1. The molecular formula is C55H52N6O3. The van der Waals surface area contributed by atoms with Crippen molar-refractivity contribution in [3.63, 3.8) is 0 Å². The molecule has 0 aromatic heterocycles. The van der Waals surface area contributed by atoms with E-state index in [1.54, 1.807) is 7.11 Å². The van der Waals surface area contributed by atoms with E-state index in [2.05, 4.69) is 46.4 Å². The van der Waals surface area contributed by atoms with E-state index >= 15 is 0 Å². The molecule has 64 heavy (non-hydrogen) atoms. The number of carbonyl (C=O) groups is 2. The quantitative estimate of drug-likeness (QED) is 0.135. The number of hydrogen-bond acceptors (Lipinski definition) is 7. The molecule has 0 aliphatic carbocycles. The van der Waals surface area contributed by atoms with E-state index in [4.69, 9.17) is 4.74 Å². The molecule has 2 aliphatic rings. The summed E-state index contributed by atoms with van der Waals surface area (Å²) in [7, 11) is 1.65. The summed E-state index contributed by atoms with van der Waals surface area (Å²) in [5.41, 5.74) is 6.67. The van der Waals surface area contributed by atoms with Crippen LogP contribution in [0.5, 0.6) is 5.75 Å². The fourth-order valence-electron chi connectivity index (χ4n) is 9.05. The zero-order valence-electron chi connectivity index (χ0n) is 36.3. The van der Waals surface area contributed by atoms with Crippen LogP contribution in [0.2, 0.25) is 0 Å². The molecule has 0 atom stereocenters. The third-order valence-electron chi connectivity index (χ3n) is 12.3. The first kappa shape index (κ1) is 43.0. The number of benzene rings is 7. The molecule has 9 nitrogen and oxygen atoms in total. The Morgan fingerprint density at radius 1 is 0.547 bits per heavy atom. The van der Waals surface area contributed by atoms with Crippen LogP contribution in [0.4, 0.5) is 11.4 Å². The van der Waals surface area contributed by atoms with Gasteiger partial charge >= 0.3 is 0 Å². The van der Waals surface area contributed by atoms with Gasteiger partial charge in [-0.2, -0.15) is 10.5 Å². The fourth-order valence-corrected chi connectivity index (χ4v) is 9.05. The molecule has 7 aromatic rings. The number of methoxy groups -OCH3 is 1. The molecule has 0 spiro atoms. The molecule has 2 saturated heterocycles. The normalized spacial score (nSPS) is 13.8. The van der Waals surface area contributed by atoms with Gasteiger partial charge in [0.05, 0.1) is 41.7 Å². The number of carbonyl (C=O) groups excluding carboxylic acids is 2. The van der Waals surface area contributed by atoms with Crippen molar-refractivity contribution < 1.29 is 14.3 Å². The molecule has 0 unspecified atom stereocenters. The lowest BCUT2D eigenvalue weighted by molar-refractivity contribution is -0.133. The Bertz CT molecular complexity index is 2780. The van der Waals surface area contributed by atoms with Gasteiger partial charge in [0.1, 0.15) is 5.75 Å². The summed E-state index contributed by atoms with van der Waals surface area (Å²) in [5.74, 6) is 1.04. The Balaban J connectivity index is 0.000000176. The molecule has 0 saturated carbocycles. The van der Waals surface area contributed by atoms with Crippen LogP contribution in [-0.4, -0.2) is 55.1 Å². The van der Waals surface area contributed by atoms with Crippen LogP contribution in [-0.2, 0) is 16.0 Å². The first-order valence-corrected chi connectivity index (χ1v) is 22.2. The highest BCUT2D eigenvalue weighted by atomic mass is 16.5. The molecule has 2 amide bonds. The molecule has 7 aromatic carbocycles. The molecule has 2 fully saturated rings. The number of nitrogens with zero attached hydrogens (tertiary/aromatic N) is 6. The van der Waals surface area contributed by atoms with Crippen LogP contribution >= 0.6 is 0 Å². The first-order valence-electron chi connectivity index (χ1n) is 22.2. The van der Waals surface area contributed by atoms with Gasteiger partial charge in [-0.3, -0.25) is 29.6 Å². The van der Waals surface area contributed by atoms with Crippen LogP contribution in [0, 0.1) is 22.7 Å². The van der Waals surface area contributed by atoms with Gasteiger partial charge in [0.15, 0.2) is 0 Å². The van der Waals surface area contributed by atoms with Gasteiger partial charge in [-0.15, -0.1) is 0 Å². The molecular weight excluding hydrogens is 793 g/mol.